The minimum absolute atomic E-state index is 0.0192. The predicted molar refractivity (Wildman–Crippen MR) is 79.3 cm³/mol. The van der Waals surface area contributed by atoms with Crippen molar-refractivity contribution in [2.45, 2.75) is 39.3 Å². The molecule has 1 rings (SSSR count). The quantitative estimate of drug-likeness (QED) is 0.719. The molecular formula is C14H27N3O4. The van der Waals surface area contributed by atoms with Crippen LogP contribution in [-0.2, 0) is 9.53 Å². The summed E-state index contributed by atoms with van der Waals surface area (Å²) in [6, 6.07) is -0.577. The molecule has 1 fully saturated rings. The van der Waals surface area contributed by atoms with Crippen LogP contribution in [-0.4, -0.2) is 78.4 Å². The van der Waals surface area contributed by atoms with Crippen molar-refractivity contribution in [2.24, 2.45) is 0 Å². The number of hydrogen-bond acceptors (Lipinski definition) is 4. The molecule has 7 heteroatoms. The van der Waals surface area contributed by atoms with Crippen molar-refractivity contribution in [3.63, 3.8) is 0 Å². The van der Waals surface area contributed by atoms with Gasteiger partial charge in [0.25, 0.3) is 0 Å². The zero-order chi connectivity index (χ0) is 15.8. The lowest BCUT2D eigenvalue weighted by Gasteiger charge is -2.36. The fraction of sp³-hybridized carbons (Fsp3) is 0.857. The second-order valence-corrected chi connectivity index (χ2v) is 5.36. The molecule has 7 nitrogen and oxygen atoms in total. The number of carbonyl (C=O) groups excluding carboxylic acids is 1. The van der Waals surface area contributed by atoms with Gasteiger partial charge in [0, 0.05) is 19.1 Å². The second-order valence-electron chi connectivity index (χ2n) is 5.36. The number of morpholine rings is 1. The van der Waals surface area contributed by atoms with Crippen LogP contribution < -0.4 is 5.32 Å². The van der Waals surface area contributed by atoms with Crippen LogP contribution in [0.3, 0.4) is 0 Å². The van der Waals surface area contributed by atoms with Crippen molar-refractivity contribution in [1.82, 2.24) is 15.1 Å². The molecule has 1 aliphatic rings. The Balaban J connectivity index is 2.53. The van der Waals surface area contributed by atoms with Crippen LogP contribution in [0.1, 0.15) is 27.2 Å². The summed E-state index contributed by atoms with van der Waals surface area (Å²) in [5, 5.41) is 11.9. The summed E-state index contributed by atoms with van der Waals surface area (Å²) >= 11 is 0. The van der Waals surface area contributed by atoms with Crippen molar-refractivity contribution in [2.75, 3.05) is 39.4 Å². The van der Waals surface area contributed by atoms with Gasteiger partial charge in [-0.1, -0.05) is 13.8 Å². The van der Waals surface area contributed by atoms with E-state index in [0.717, 1.165) is 19.6 Å². The second kappa shape index (κ2) is 8.84. The van der Waals surface area contributed by atoms with Crippen LogP contribution >= 0.6 is 0 Å². The molecule has 0 aliphatic carbocycles. The number of carboxylic acids is 1. The standard InChI is InChI=1S/C14H27N3O4/c1-4-16(5-2)9-11(3)15-14(20)17-6-7-21-10-12(17)8-13(18)19/h11-12H,4-10H2,1-3H3,(H,15,20)(H,18,19). The summed E-state index contributed by atoms with van der Waals surface area (Å²) in [5.41, 5.74) is 0. The van der Waals surface area contributed by atoms with Gasteiger partial charge in [0.15, 0.2) is 0 Å². The van der Waals surface area contributed by atoms with Gasteiger partial charge < -0.3 is 25.0 Å². The minimum atomic E-state index is -0.917. The molecule has 0 spiro atoms. The lowest BCUT2D eigenvalue weighted by atomic mass is 10.1. The van der Waals surface area contributed by atoms with E-state index in [1.807, 2.05) is 6.92 Å². The Morgan fingerprint density at radius 2 is 2.10 bits per heavy atom. The Kier molecular flexibility index (Phi) is 7.45. The fourth-order valence-corrected chi connectivity index (χ4v) is 2.50. The van der Waals surface area contributed by atoms with Gasteiger partial charge in [-0.3, -0.25) is 4.79 Å². The summed E-state index contributed by atoms with van der Waals surface area (Å²) in [7, 11) is 0. The van der Waals surface area contributed by atoms with E-state index >= 15 is 0 Å². The van der Waals surface area contributed by atoms with E-state index in [0.29, 0.717) is 13.2 Å². The van der Waals surface area contributed by atoms with E-state index in [9.17, 15) is 9.59 Å². The van der Waals surface area contributed by atoms with E-state index < -0.39 is 12.0 Å². The average molecular weight is 301 g/mol. The highest BCUT2D eigenvalue weighted by Gasteiger charge is 2.29. The highest BCUT2D eigenvalue weighted by Crippen LogP contribution is 2.11. The largest absolute Gasteiger partial charge is 0.481 e. The normalized spacial score (nSPS) is 20.4. The number of nitrogens with one attached hydrogen (secondary N) is 1. The van der Waals surface area contributed by atoms with Gasteiger partial charge in [0.05, 0.1) is 25.7 Å². The van der Waals surface area contributed by atoms with Crippen LogP contribution in [0.2, 0.25) is 0 Å². The molecule has 0 radical (unpaired) electrons. The Labute approximate surface area is 126 Å². The number of aliphatic carboxylic acids is 1. The highest BCUT2D eigenvalue weighted by molar-refractivity contribution is 5.76. The third-order valence-electron chi connectivity index (χ3n) is 3.70. The van der Waals surface area contributed by atoms with Crippen molar-refractivity contribution in [3.05, 3.63) is 0 Å². The van der Waals surface area contributed by atoms with Crippen LogP contribution in [0.4, 0.5) is 4.79 Å². The van der Waals surface area contributed by atoms with Crippen LogP contribution in [0.5, 0.6) is 0 Å². The van der Waals surface area contributed by atoms with E-state index in [1.54, 1.807) is 4.90 Å². The number of ether oxygens (including phenoxy) is 1. The predicted octanol–water partition coefficient (Wildman–Crippen LogP) is 0.602. The fourth-order valence-electron chi connectivity index (χ4n) is 2.50. The van der Waals surface area contributed by atoms with E-state index in [1.165, 1.54) is 0 Å². The zero-order valence-corrected chi connectivity index (χ0v) is 13.2. The molecule has 1 heterocycles. The smallest absolute Gasteiger partial charge is 0.318 e. The van der Waals surface area contributed by atoms with Gasteiger partial charge in [-0.05, 0) is 20.0 Å². The average Bonchev–Trinajstić information content (AvgIpc) is 2.44. The number of nitrogens with zero attached hydrogens (tertiary/aromatic N) is 2. The van der Waals surface area contributed by atoms with Gasteiger partial charge in [0.1, 0.15) is 0 Å². The Bertz CT molecular complexity index is 347. The van der Waals surface area contributed by atoms with Gasteiger partial charge in [0.2, 0.25) is 0 Å². The van der Waals surface area contributed by atoms with Gasteiger partial charge in [-0.2, -0.15) is 0 Å². The molecule has 122 valence electrons. The minimum Gasteiger partial charge on any atom is -0.481 e. The molecule has 2 unspecified atom stereocenters. The molecule has 0 saturated carbocycles. The third kappa shape index (κ3) is 5.89. The SMILES string of the molecule is CCN(CC)CC(C)NC(=O)N1CCOCC1CC(=O)O. The van der Waals surface area contributed by atoms with Crippen molar-refractivity contribution < 1.29 is 19.4 Å². The maximum absolute atomic E-state index is 12.3. The number of hydrogen-bond donors (Lipinski definition) is 2. The zero-order valence-electron chi connectivity index (χ0n) is 13.2. The summed E-state index contributed by atoms with van der Waals surface area (Å²) < 4.78 is 5.27. The molecule has 2 N–H and O–H groups in total. The van der Waals surface area contributed by atoms with Crippen molar-refractivity contribution in [1.29, 1.82) is 0 Å². The number of rotatable bonds is 7. The maximum atomic E-state index is 12.3. The summed E-state index contributed by atoms with van der Waals surface area (Å²) in [4.78, 5) is 27.0. The van der Waals surface area contributed by atoms with Crippen LogP contribution in [0.25, 0.3) is 0 Å². The van der Waals surface area contributed by atoms with Crippen LogP contribution in [0, 0.1) is 0 Å². The summed E-state index contributed by atoms with van der Waals surface area (Å²) in [6.07, 6.45) is -0.0855. The third-order valence-corrected chi connectivity index (χ3v) is 3.70. The molecule has 2 amide bonds. The number of carboxylic acid groups (broad SMARTS) is 1. The topological polar surface area (TPSA) is 82.1 Å². The number of amides is 2. The Morgan fingerprint density at radius 1 is 1.43 bits per heavy atom. The maximum Gasteiger partial charge on any atom is 0.318 e. The highest BCUT2D eigenvalue weighted by atomic mass is 16.5. The van der Waals surface area contributed by atoms with Crippen molar-refractivity contribution in [3.8, 4) is 0 Å². The number of carbonyl (C=O) groups is 2. The number of urea groups is 1. The molecule has 0 aromatic carbocycles. The molecule has 2 atom stereocenters. The Morgan fingerprint density at radius 3 is 2.67 bits per heavy atom. The molecular weight excluding hydrogens is 274 g/mol. The van der Waals surface area contributed by atoms with E-state index in [-0.39, 0.29) is 25.1 Å². The Hall–Kier alpha value is -1.34. The first-order valence-electron chi connectivity index (χ1n) is 7.56. The molecule has 21 heavy (non-hydrogen) atoms. The number of likely N-dealkylation sites (N-methyl/N-ethyl adjacent to an activating group) is 1. The monoisotopic (exact) mass is 301 g/mol. The van der Waals surface area contributed by atoms with Crippen molar-refractivity contribution >= 4 is 12.0 Å². The first-order valence-corrected chi connectivity index (χ1v) is 7.56. The first kappa shape index (κ1) is 17.7. The van der Waals surface area contributed by atoms with E-state index in [4.69, 9.17) is 9.84 Å². The first-order chi connectivity index (χ1) is 9.97. The van der Waals surface area contributed by atoms with Gasteiger partial charge in [-0.15, -0.1) is 0 Å². The molecule has 0 bridgehead atoms. The summed E-state index contributed by atoms with van der Waals surface area (Å²) in [6.45, 7) is 9.97. The van der Waals surface area contributed by atoms with E-state index in [2.05, 4.69) is 24.1 Å². The molecule has 1 saturated heterocycles. The lowest BCUT2D eigenvalue weighted by molar-refractivity contribution is -0.139. The van der Waals surface area contributed by atoms with Crippen LogP contribution in [0.15, 0.2) is 0 Å². The molecule has 0 aromatic heterocycles. The molecule has 0 aromatic rings. The van der Waals surface area contributed by atoms with Gasteiger partial charge in [-0.25, -0.2) is 4.79 Å². The lowest BCUT2D eigenvalue weighted by Crippen LogP contribution is -2.55. The summed E-state index contributed by atoms with van der Waals surface area (Å²) in [5.74, 6) is -0.917. The van der Waals surface area contributed by atoms with Gasteiger partial charge >= 0.3 is 12.0 Å². The molecule has 1 aliphatic heterocycles.